The number of rotatable bonds is 6. The Morgan fingerprint density at radius 2 is 2.18 bits per heavy atom. The topological polar surface area (TPSA) is 60.0 Å². The highest BCUT2D eigenvalue weighted by Gasteiger charge is 2.80. The summed E-state index contributed by atoms with van der Waals surface area (Å²) in [5.74, 6) is 4.60. The van der Waals surface area contributed by atoms with Crippen molar-refractivity contribution in [3.05, 3.63) is 35.4 Å². The number of ether oxygens (including phenoxy) is 3. The standard InChI is InChI=1S/C28H32N2O4/c1-4-12-29-24(31)19-15-26-9-10-28(19,33-3)25-27(26)11-13-30(16-17-5-6-17)21(26)14-18-7-8-20(32-2)23(34-25)22(18)27/h1,7-10,17,19,21,25H,5-6,11-16H2,2-3H3,(H,29,31)/t19-,21+,25?,26-,27+,28?/m1/s1. The third-order valence-electron chi connectivity index (χ3n) is 9.99. The van der Waals surface area contributed by atoms with Gasteiger partial charge in [-0.3, -0.25) is 9.69 Å². The fourth-order valence-electron chi connectivity index (χ4n) is 8.49. The Kier molecular flexibility index (Phi) is 4.17. The van der Waals surface area contributed by atoms with Gasteiger partial charge in [-0.2, -0.15) is 0 Å². The molecule has 1 N–H and O–H groups in total. The minimum Gasteiger partial charge on any atom is -0.493 e. The van der Waals surface area contributed by atoms with Crippen LogP contribution in [0.15, 0.2) is 24.3 Å². The van der Waals surface area contributed by atoms with Crippen LogP contribution in [0.3, 0.4) is 0 Å². The van der Waals surface area contributed by atoms with Gasteiger partial charge in [-0.25, -0.2) is 0 Å². The highest BCUT2D eigenvalue weighted by molar-refractivity contribution is 5.83. The molecule has 2 spiro atoms. The van der Waals surface area contributed by atoms with E-state index in [4.69, 9.17) is 20.6 Å². The molecule has 2 saturated carbocycles. The molecule has 3 fully saturated rings. The van der Waals surface area contributed by atoms with Crippen LogP contribution in [0.1, 0.15) is 36.8 Å². The van der Waals surface area contributed by atoms with Gasteiger partial charge in [0.1, 0.15) is 11.7 Å². The van der Waals surface area contributed by atoms with Crippen LogP contribution in [0, 0.1) is 29.6 Å². The molecule has 2 unspecified atom stereocenters. The normalized spacial score (nSPS) is 40.3. The fourth-order valence-corrected chi connectivity index (χ4v) is 8.49. The SMILES string of the molecule is C#CCNC(=O)[C@H]1C[C@@]23C=CC1(OC)C1Oc4c(OC)ccc5c4[C@@]12CCN(CC1CC1)[C@H]3C5. The number of hydrogen-bond donors (Lipinski definition) is 1. The molecule has 6 atom stereocenters. The van der Waals surface area contributed by atoms with E-state index in [1.54, 1.807) is 14.2 Å². The molecule has 1 amide bonds. The molecule has 2 heterocycles. The molecule has 0 aromatic heterocycles. The van der Waals surface area contributed by atoms with Crippen molar-refractivity contribution in [1.82, 2.24) is 10.2 Å². The number of nitrogens with one attached hydrogen (secondary N) is 1. The van der Waals surface area contributed by atoms with Crippen molar-refractivity contribution in [2.45, 2.75) is 55.3 Å². The zero-order chi connectivity index (χ0) is 23.3. The van der Waals surface area contributed by atoms with Crippen LogP contribution in [-0.2, 0) is 21.4 Å². The first-order chi connectivity index (χ1) is 16.5. The maximum atomic E-state index is 13.5. The van der Waals surface area contributed by atoms with Crippen molar-refractivity contribution in [2.75, 3.05) is 33.9 Å². The van der Waals surface area contributed by atoms with Gasteiger partial charge in [0.05, 0.1) is 25.0 Å². The van der Waals surface area contributed by atoms with Crippen LogP contribution < -0.4 is 14.8 Å². The van der Waals surface area contributed by atoms with E-state index in [1.807, 2.05) is 6.07 Å². The van der Waals surface area contributed by atoms with Crippen molar-refractivity contribution < 1.29 is 19.0 Å². The Bertz CT molecular complexity index is 1150. The van der Waals surface area contributed by atoms with E-state index < -0.39 is 5.60 Å². The molecule has 4 bridgehead atoms. The first kappa shape index (κ1) is 20.8. The minimum atomic E-state index is -0.845. The van der Waals surface area contributed by atoms with Gasteiger partial charge in [-0.15, -0.1) is 6.42 Å². The number of carbonyl (C=O) groups is 1. The first-order valence-corrected chi connectivity index (χ1v) is 12.6. The molecule has 5 aliphatic carbocycles. The number of likely N-dealkylation sites (tertiary alicyclic amines) is 1. The number of methoxy groups -OCH3 is 2. The average molecular weight is 461 g/mol. The van der Waals surface area contributed by atoms with Gasteiger partial charge >= 0.3 is 0 Å². The summed E-state index contributed by atoms with van der Waals surface area (Å²) >= 11 is 0. The molecule has 2 aliphatic heterocycles. The summed E-state index contributed by atoms with van der Waals surface area (Å²) in [6, 6.07) is 4.63. The average Bonchev–Trinajstić information content (AvgIpc) is 3.60. The molecule has 34 heavy (non-hydrogen) atoms. The highest BCUT2D eigenvalue weighted by Crippen LogP contribution is 2.74. The number of carbonyl (C=O) groups excluding carboxylic acids is 1. The monoisotopic (exact) mass is 460 g/mol. The number of piperidine rings is 1. The van der Waals surface area contributed by atoms with Crippen LogP contribution in [0.25, 0.3) is 0 Å². The van der Waals surface area contributed by atoms with Crippen molar-refractivity contribution in [2.24, 2.45) is 17.3 Å². The fraction of sp³-hybridized carbons (Fsp3) is 0.607. The lowest BCUT2D eigenvalue weighted by molar-refractivity contribution is -0.215. The van der Waals surface area contributed by atoms with Gasteiger partial charge < -0.3 is 19.5 Å². The number of benzene rings is 1. The molecule has 1 aromatic carbocycles. The van der Waals surface area contributed by atoms with E-state index in [0.717, 1.165) is 49.8 Å². The quantitative estimate of drug-likeness (QED) is 0.522. The third kappa shape index (κ3) is 2.24. The van der Waals surface area contributed by atoms with E-state index in [1.165, 1.54) is 24.0 Å². The van der Waals surface area contributed by atoms with Crippen molar-refractivity contribution in [3.63, 3.8) is 0 Å². The van der Waals surface area contributed by atoms with Crippen molar-refractivity contribution in [1.29, 1.82) is 0 Å². The number of amides is 1. The molecule has 8 rings (SSSR count). The molecular weight excluding hydrogens is 428 g/mol. The third-order valence-corrected chi connectivity index (χ3v) is 9.99. The molecule has 7 aliphatic rings. The van der Waals surface area contributed by atoms with Crippen LogP contribution >= 0.6 is 0 Å². The van der Waals surface area contributed by atoms with E-state index in [0.29, 0.717) is 6.04 Å². The summed E-state index contributed by atoms with van der Waals surface area (Å²) in [6.45, 7) is 2.43. The lowest BCUT2D eigenvalue weighted by Crippen LogP contribution is -2.80. The highest BCUT2D eigenvalue weighted by atomic mass is 16.6. The van der Waals surface area contributed by atoms with Gasteiger partial charge in [-0.1, -0.05) is 24.1 Å². The van der Waals surface area contributed by atoms with Gasteiger partial charge in [0.25, 0.3) is 0 Å². The van der Waals surface area contributed by atoms with Gasteiger partial charge in [0.15, 0.2) is 11.5 Å². The maximum absolute atomic E-state index is 13.5. The van der Waals surface area contributed by atoms with E-state index in [-0.39, 0.29) is 35.3 Å². The summed E-state index contributed by atoms with van der Waals surface area (Å²) in [4.78, 5) is 16.3. The van der Waals surface area contributed by atoms with Crippen LogP contribution in [0.2, 0.25) is 0 Å². The lowest BCUT2D eigenvalue weighted by Gasteiger charge is -2.71. The summed E-state index contributed by atoms with van der Waals surface area (Å²) in [5.41, 5.74) is 1.43. The molecule has 6 nitrogen and oxygen atoms in total. The Morgan fingerprint density at radius 3 is 2.91 bits per heavy atom. The Labute approximate surface area is 201 Å². The summed E-state index contributed by atoms with van der Waals surface area (Å²) < 4.78 is 19.0. The van der Waals surface area contributed by atoms with Gasteiger partial charge in [0.2, 0.25) is 5.91 Å². The van der Waals surface area contributed by atoms with Crippen LogP contribution in [0.4, 0.5) is 0 Å². The molecule has 6 heteroatoms. The van der Waals surface area contributed by atoms with Gasteiger partial charge in [-0.05, 0) is 56.2 Å². The summed E-state index contributed by atoms with van der Waals surface area (Å²) in [5, 5.41) is 2.96. The predicted molar refractivity (Wildman–Crippen MR) is 127 cm³/mol. The lowest BCUT2D eigenvalue weighted by atomic mass is 9.37. The van der Waals surface area contributed by atoms with Crippen molar-refractivity contribution in [3.8, 4) is 23.8 Å². The second-order valence-corrected chi connectivity index (χ2v) is 11.1. The van der Waals surface area contributed by atoms with E-state index in [9.17, 15) is 4.79 Å². The number of fused-ring (bicyclic) bond motifs is 1. The van der Waals surface area contributed by atoms with Crippen LogP contribution in [0.5, 0.6) is 11.5 Å². The zero-order valence-corrected chi connectivity index (χ0v) is 19.9. The Balaban J connectivity index is 1.45. The molecular formula is C28H32N2O4. The molecule has 178 valence electrons. The second kappa shape index (κ2) is 6.80. The largest absolute Gasteiger partial charge is 0.493 e. The van der Waals surface area contributed by atoms with Crippen LogP contribution in [-0.4, -0.2) is 62.4 Å². The minimum absolute atomic E-state index is 0.0393. The zero-order valence-electron chi connectivity index (χ0n) is 19.9. The summed E-state index contributed by atoms with van der Waals surface area (Å²) in [7, 11) is 3.42. The summed E-state index contributed by atoms with van der Waals surface area (Å²) in [6.07, 6.45) is 15.2. The Hall–Kier alpha value is -2.49. The Morgan fingerprint density at radius 1 is 1.32 bits per heavy atom. The first-order valence-electron chi connectivity index (χ1n) is 12.6. The number of terminal acetylenes is 1. The predicted octanol–water partition coefficient (Wildman–Crippen LogP) is 2.45. The van der Waals surface area contributed by atoms with Crippen molar-refractivity contribution >= 4 is 5.91 Å². The smallest absolute Gasteiger partial charge is 0.227 e. The number of hydrogen-bond acceptors (Lipinski definition) is 5. The van der Waals surface area contributed by atoms with E-state index >= 15 is 0 Å². The molecule has 1 saturated heterocycles. The molecule has 0 radical (unpaired) electrons. The number of nitrogens with zero attached hydrogens (tertiary/aromatic N) is 1. The second-order valence-electron chi connectivity index (χ2n) is 11.1. The van der Waals surface area contributed by atoms with Gasteiger partial charge in [0, 0.05) is 30.7 Å². The maximum Gasteiger partial charge on any atom is 0.227 e. The van der Waals surface area contributed by atoms with E-state index in [2.05, 4.69) is 34.4 Å². The molecule has 1 aromatic rings.